The summed E-state index contributed by atoms with van der Waals surface area (Å²) in [5.41, 5.74) is 6.74. The molecule has 3 nitrogen and oxygen atoms in total. The van der Waals surface area contributed by atoms with Crippen molar-refractivity contribution in [1.29, 1.82) is 0 Å². The Hall–Kier alpha value is -2.10. The predicted molar refractivity (Wildman–Crippen MR) is 83.6 cm³/mol. The molecular weight excluding hydrogens is 260 g/mol. The average molecular weight is 278 g/mol. The van der Waals surface area contributed by atoms with Gasteiger partial charge in [-0.2, -0.15) is 0 Å². The van der Waals surface area contributed by atoms with Crippen LogP contribution in [0.25, 0.3) is 11.0 Å². The molecule has 3 heteroatoms. The van der Waals surface area contributed by atoms with Gasteiger partial charge in [0.05, 0.1) is 6.04 Å². The molecule has 3 aromatic rings. The van der Waals surface area contributed by atoms with Gasteiger partial charge in [-0.3, -0.25) is 5.84 Å². The van der Waals surface area contributed by atoms with Crippen molar-refractivity contribution in [3.8, 4) is 0 Å². The molecule has 4 rings (SSSR count). The van der Waals surface area contributed by atoms with E-state index in [0.29, 0.717) is 5.92 Å². The van der Waals surface area contributed by atoms with Crippen LogP contribution < -0.4 is 11.3 Å². The van der Waals surface area contributed by atoms with Gasteiger partial charge in [0, 0.05) is 5.39 Å². The Balaban J connectivity index is 1.66. The summed E-state index contributed by atoms with van der Waals surface area (Å²) in [6.07, 6.45) is 2.09. The van der Waals surface area contributed by atoms with E-state index in [1.165, 1.54) is 11.1 Å². The van der Waals surface area contributed by atoms with Crippen LogP contribution in [0.4, 0.5) is 0 Å². The molecule has 1 heterocycles. The average Bonchev–Trinajstić information content (AvgIpc) is 3.11. The van der Waals surface area contributed by atoms with E-state index >= 15 is 0 Å². The van der Waals surface area contributed by atoms with Crippen molar-refractivity contribution in [2.24, 2.45) is 11.8 Å². The molecule has 1 aromatic heterocycles. The standard InChI is InChI=1S/C18H18N2O/c19-20-18(15-9-12-5-1-2-6-13(12)10-15)17-11-14-7-3-4-8-16(14)21-17/h1-8,11,15,18,20H,9-10,19H2. The van der Waals surface area contributed by atoms with E-state index in [4.69, 9.17) is 10.3 Å². The van der Waals surface area contributed by atoms with Crippen molar-refractivity contribution in [2.75, 3.05) is 0 Å². The molecule has 0 aliphatic heterocycles. The molecule has 0 bridgehead atoms. The quantitative estimate of drug-likeness (QED) is 0.570. The summed E-state index contributed by atoms with van der Waals surface area (Å²) >= 11 is 0. The third kappa shape index (κ3) is 2.15. The van der Waals surface area contributed by atoms with Crippen molar-refractivity contribution in [1.82, 2.24) is 5.43 Å². The third-order valence-corrected chi connectivity index (χ3v) is 4.48. The number of hydrazine groups is 1. The first-order valence-corrected chi connectivity index (χ1v) is 7.36. The molecule has 1 aliphatic rings. The molecule has 0 spiro atoms. The zero-order valence-corrected chi connectivity index (χ0v) is 11.8. The maximum Gasteiger partial charge on any atom is 0.134 e. The van der Waals surface area contributed by atoms with E-state index in [2.05, 4.69) is 41.8 Å². The molecular formula is C18H18N2O. The lowest BCUT2D eigenvalue weighted by Gasteiger charge is -2.20. The van der Waals surface area contributed by atoms with Crippen molar-refractivity contribution in [2.45, 2.75) is 18.9 Å². The Morgan fingerprint density at radius 1 is 1.00 bits per heavy atom. The van der Waals surface area contributed by atoms with Crippen molar-refractivity contribution < 1.29 is 4.42 Å². The number of benzene rings is 2. The van der Waals surface area contributed by atoms with Gasteiger partial charge in [-0.1, -0.05) is 42.5 Å². The number of hydrogen-bond donors (Lipinski definition) is 2. The number of furan rings is 1. The molecule has 21 heavy (non-hydrogen) atoms. The fourth-order valence-corrected chi connectivity index (χ4v) is 3.43. The molecule has 1 unspecified atom stereocenters. The molecule has 3 N–H and O–H groups in total. The van der Waals surface area contributed by atoms with Gasteiger partial charge in [0.25, 0.3) is 0 Å². The van der Waals surface area contributed by atoms with Crippen LogP contribution >= 0.6 is 0 Å². The normalized spacial score (nSPS) is 16.2. The smallest absolute Gasteiger partial charge is 0.134 e. The third-order valence-electron chi connectivity index (χ3n) is 4.48. The highest BCUT2D eigenvalue weighted by molar-refractivity contribution is 5.77. The number of fused-ring (bicyclic) bond motifs is 2. The van der Waals surface area contributed by atoms with Crippen LogP contribution in [0.2, 0.25) is 0 Å². The van der Waals surface area contributed by atoms with Crippen molar-refractivity contribution >= 4 is 11.0 Å². The van der Waals surface area contributed by atoms with E-state index in [1.807, 2.05) is 18.2 Å². The van der Waals surface area contributed by atoms with Gasteiger partial charge in [-0.15, -0.1) is 0 Å². The highest BCUT2D eigenvalue weighted by Gasteiger charge is 2.30. The van der Waals surface area contributed by atoms with E-state index in [-0.39, 0.29) is 6.04 Å². The SMILES string of the molecule is NNC(c1cc2ccccc2o1)C1Cc2ccccc2C1. The summed E-state index contributed by atoms with van der Waals surface area (Å²) in [6, 6.07) is 18.9. The summed E-state index contributed by atoms with van der Waals surface area (Å²) < 4.78 is 5.99. The Kier molecular flexibility index (Phi) is 3.02. The molecule has 1 atom stereocenters. The second kappa shape index (κ2) is 5.02. The minimum Gasteiger partial charge on any atom is -0.459 e. The van der Waals surface area contributed by atoms with Crippen LogP contribution in [0.3, 0.4) is 0 Å². The maximum absolute atomic E-state index is 5.99. The van der Waals surface area contributed by atoms with Gasteiger partial charge < -0.3 is 4.42 Å². The largest absolute Gasteiger partial charge is 0.459 e. The first kappa shape index (κ1) is 12.6. The van der Waals surface area contributed by atoms with Gasteiger partial charge in [0.1, 0.15) is 11.3 Å². The number of nitrogens with one attached hydrogen (secondary N) is 1. The number of rotatable bonds is 3. The molecule has 0 saturated heterocycles. The van der Waals surface area contributed by atoms with E-state index < -0.39 is 0 Å². The zero-order valence-electron chi connectivity index (χ0n) is 11.8. The minimum absolute atomic E-state index is 0.0461. The number of nitrogens with two attached hydrogens (primary N) is 1. The van der Waals surface area contributed by atoms with Gasteiger partial charge >= 0.3 is 0 Å². The molecule has 106 valence electrons. The zero-order chi connectivity index (χ0) is 14.2. The second-order valence-electron chi connectivity index (χ2n) is 5.77. The van der Waals surface area contributed by atoms with Crippen LogP contribution in [-0.2, 0) is 12.8 Å². The van der Waals surface area contributed by atoms with E-state index in [0.717, 1.165) is 29.6 Å². The highest BCUT2D eigenvalue weighted by Crippen LogP contribution is 2.36. The maximum atomic E-state index is 5.99. The Labute approximate surface area is 123 Å². The Bertz CT molecular complexity index is 719. The topological polar surface area (TPSA) is 51.2 Å². The second-order valence-corrected chi connectivity index (χ2v) is 5.77. The van der Waals surface area contributed by atoms with Gasteiger partial charge in [0.15, 0.2) is 0 Å². The Morgan fingerprint density at radius 3 is 2.33 bits per heavy atom. The summed E-state index contributed by atoms with van der Waals surface area (Å²) in [4.78, 5) is 0. The summed E-state index contributed by atoms with van der Waals surface area (Å²) in [5, 5.41) is 1.13. The molecule has 0 amide bonds. The summed E-state index contributed by atoms with van der Waals surface area (Å²) in [7, 11) is 0. The van der Waals surface area contributed by atoms with E-state index in [9.17, 15) is 0 Å². The summed E-state index contributed by atoms with van der Waals surface area (Å²) in [6.45, 7) is 0. The molecule has 0 fully saturated rings. The molecule has 2 aromatic carbocycles. The lowest BCUT2D eigenvalue weighted by Crippen LogP contribution is -2.33. The Morgan fingerprint density at radius 2 is 1.67 bits per heavy atom. The van der Waals surface area contributed by atoms with Crippen molar-refractivity contribution in [3.63, 3.8) is 0 Å². The van der Waals surface area contributed by atoms with Crippen molar-refractivity contribution in [3.05, 3.63) is 71.5 Å². The van der Waals surface area contributed by atoms with Crippen LogP contribution in [0.5, 0.6) is 0 Å². The first-order chi connectivity index (χ1) is 10.3. The van der Waals surface area contributed by atoms with Gasteiger partial charge in [0.2, 0.25) is 0 Å². The van der Waals surface area contributed by atoms with E-state index in [1.54, 1.807) is 0 Å². The molecule has 0 radical (unpaired) electrons. The van der Waals surface area contributed by atoms with Crippen LogP contribution in [-0.4, -0.2) is 0 Å². The lowest BCUT2D eigenvalue weighted by atomic mass is 9.95. The fourth-order valence-electron chi connectivity index (χ4n) is 3.43. The van der Waals surface area contributed by atoms with Crippen LogP contribution in [0, 0.1) is 5.92 Å². The minimum atomic E-state index is 0.0461. The van der Waals surface area contributed by atoms with Gasteiger partial charge in [-0.25, -0.2) is 5.43 Å². The number of para-hydroxylation sites is 1. The monoisotopic (exact) mass is 278 g/mol. The first-order valence-electron chi connectivity index (χ1n) is 7.36. The van der Waals surface area contributed by atoms with Crippen LogP contribution in [0.15, 0.2) is 59.0 Å². The summed E-state index contributed by atoms with van der Waals surface area (Å²) in [5.74, 6) is 7.20. The fraction of sp³-hybridized carbons (Fsp3) is 0.222. The van der Waals surface area contributed by atoms with Gasteiger partial charge in [-0.05, 0) is 42.0 Å². The lowest BCUT2D eigenvalue weighted by molar-refractivity contribution is 0.327. The number of hydrogen-bond acceptors (Lipinski definition) is 3. The molecule has 1 aliphatic carbocycles. The highest BCUT2D eigenvalue weighted by atomic mass is 16.3. The molecule has 0 saturated carbocycles. The van der Waals surface area contributed by atoms with Crippen LogP contribution in [0.1, 0.15) is 22.9 Å². The predicted octanol–water partition coefficient (Wildman–Crippen LogP) is 3.35.